The Morgan fingerprint density at radius 2 is 1.89 bits per heavy atom. The van der Waals surface area contributed by atoms with Gasteiger partial charge >= 0.3 is 0 Å². The molecule has 0 unspecified atom stereocenters. The van der Waals surface area contributed by atoms with E-state index in [9.17, 15) is 0 Å². The van der Waals surface area contributed by atoms with Crippen molar-refractivity contribution in [3.63, 3.8) is 0 Å². The van der Waals surface area contributed by atoms with E-state index in [1.807, 2.05) is 25.3 Å². The summed E-state index contributed by atoms with van der Waals surface area (Å²) in [4.78, 5) is 23.8. The predicted octanol–water partition coefficient (Wildman–Crippen LogP) is 3.47. The molecule has 2 atom stereocenters. The van der Waals surface area contributed by atoms with Gasteiger partial charge in [-0.2, -0.15) is 5.10 Å². The van der Waals surface area contributed by atoms with E-state index in [0.29, 0.717) is 21.7 Å². The molecule has 1 spiro atoms. The van der Waals surface area contributed by atoms with Crippen LogP contribution in [0.25, 0.3) is 33.5 Å². The van der Waals surface area contributed by atoms with E-state index in [0.717, 1.165) is 79.7 Å². The van der Waals surface area contributed by atoms with Crippen LogP contribution in [0.5, 0.6) is 0 Å². The zero-order chi connectivity index (χ0) is 25.3. The number of piperidine rings is 1. The average molecular weight is 520 g/mol. The van der Waals surface area contributed by atoms with Gasteiger partial charge in [0.1, 0.15) is 16.9 Å². The van der Waals surface area contributed by atoms with E-state index >= 15 is 0 Å². The Morgan fingerprint density at radius 1 is 1.08 bits per heavy atom. The highest BCUT2D eigenvalue weighted by Crippen LogP contribution is 2.42. The lowest BCUT2D eigenvalue weighted by atomic mass is 9.73. The van der Waals surface area contributed by atoms with Crippen molar-refractivity contribution in [1.82, 2.24) is 30.1 Å². The zero-order valence-corrected chi connectivity index (χ0v) is 21.8. The molecule has 3 aliphatic rings. The summed E-state index contributed by atoms with van der Waals surface area (Å²) < 4.78 is 5.88. The predicted molar refractivity (Wildman–Crippen MR) is 144 cm³/mol. The molecule has 37 heavy (non-hydrogen) atoms. The van der Waals surface area contributed by atoms with Gasteiger partial charge in [-0.05, 0) is 45.2 Å². The second kappa shape index (κ2) is 8.47. The SMILES string of the molecule is Cc1nc2c(-c3ccc4ncc(N5CCC5)nc4c3Cl)[nH]nc2nc1N1CCC2(CC1)CO[C@@H](C)[C@H]2N. The molecular formula is C26H30ClN9O. The van der Waals surface area contributed by atoms with Crippen molar-refractivity contribution in [2.24, 2.45) is 11.1 Å². The van der Waals surface area contributed by atoms with Gasteiger partial charge in [0.25, 0.3) is 0 Å². The molecule has 11 heteroatoms. The Labute approximate surface area is 219 Å². The molecule has 7 rings (SSSR count). The quantitative estimate of drug-likeness (QED) is 0.419. The topological polar surface area (TPSA) is 122 Å². The zero-order valence-electron chi connectivity index (χ0n) is 21.0. The molecule has 3 aliphatic heterocycles. The molecule has 0 bridgehead atoms. The van der Waals surface area contributed by atoms with Crippen LogP contribution in [0, 0.1) is 12.3 Å². The van der Waals surface area contributed by atoms with Crippen LogP contribution in [-0.4, -0.2) is 75.1 Å². The fourth-order valence-corrected chi connectivity index (χ4v) is 6.26. The molecule has 3 aromatic heterocycles. The first-order chi connectivity index (χ1) is 17.9. The van der Waals surface area contributed by atoms with Gasteiger partial charge in [0.2, 0.25) is 5.65 Å². The number of nitrogens with two attached hydrogens (primary N) is 1. The number of fused-ring (bicyclic) bond motifs is 2. The summed E-state index contributed by atoms with van der Waals surface area (Å²) in [6.45, 7) is 8.56. The van der Waals surface area contributed by atoms with E-state index in [-0.39, 0.29) is 17.6 Å². The molecule has 1 aromatic carbocycles. The number of H-pyrrole nitrogens is 1. The van der Waals surface area contributed by atoms with Gasteiger partial charge in [0.05, 0.1) is 40.8 Å². The molecule has 192 valence electrons. The highest BCUT2D eigenvalue weighted by atomic mass is 35.5. The molecule has 0 radical (unpaired) electrons. The first kappa shape index (κ1) is 23.1. The van der Waals surface area contributed by atoms with E-state index in [1.54, 1.807) is 0 Å². The van der Waals surface area contributed by atoms with Gasteiger partial charge in [-0.15, -0.1) is 0 Å². The lowest BCUT2D eigenvalue weighted by Gasteiger charge is -2.41. The monoisotopic (exact) mass is 519 g/mol. The second-order valence-electron chi connectivity index (χ2n) is 10.7. The number of nitrogens with one attached hydrogen (secondary N) is 1. The number of aromatic amines is 1. The van der Waals surface area contributed by atoms with Crippen LogP contribution in [0.3, 0.4) is 0 Å². The molecule has 3 fully saturated rings. The number of anilines is 2. The number of benzene rings is 1. The second-order valence-corrected chi connectivity index (χ2v) is 11.0. The van der Waals surface area contributed by atoms with Crippen molar-refractivity contribution in [2.45, 2.75) is 45.3 Å². The molecule has 0 aliphatic carbocycles. The van der Waals surface area contributed by atoms with Crippen LogP contribution in [-0.2, 0) is 4.74 Å². The summed E-state index contributed by atoms with van der Waals surface area (Å²) in [6, 6.07) is 3.96. The summed E-state index contributed by atoms with van der Waals surface area (Å²) in [5.74, 6) is 1.73. The molecule has 6 heterocycles. The molecule has 10 nitrogen and oxygen atoms in total. The first-order valence-corrected chi connectivity index (χ1v) is 13.4. The largest absolute Gasteiger partial charge is 0.376 e. The van der Waals surface area contributed by atoms with Gasteiger partial charge in [-0.1, -0.05) is 11.6 Å². The highest BCUT2D eigenvalue weighted by Gasteiger charge is 2.47. The number of aryl methyl sites for hydroxylation is 1. The number of rotatable bonds is 3. The van der Waals surface area contributed by atoms with Crippen LogP contribution >= 0.6 is 11.6 Å². The number of hydrogen-bond acceptors (Lipinski definition) is 9. The molecule has 0 saturated carbocycles. The summed E-state index contributed by atoms with van der Waals surface area (Å²) in [6.07, 6.45) is 5.07. The van der Waals surface area contributed by atoms with Crippen molar-refractivity contribution in [3.05, 3.63) is 29.0 Å². The highest BCUT2D eigenvalue weighted by molar-refractivity contribution is 6.38. The van der Waals surface area contributed by atoms with Crippen LogP contribution in [0.1, 0.15) is 31.9 Å². The Kier molecular flexibility index (Phi) is 5.28. The Hall–Kier alpha value is -3.08. The molecule has 3 N–H and O–H groups in total. The van der Waals surface area contributed by atoms with E-state index in [1.165, 1.54) is 6.42 Å². The third kappa shape index (κ3) is 3.57. The Bertz CT molecular complexity index is 1510. The van der Waals surface area contributed by atoms with Gasteiger partial charge < -0.3 is 20.3 Å². The Morgan fingerprint density at radius 3 is 2.59 bits per heavy atom. The maximum atomic E-state index is 6.90. The van der Waals surface area contributed by atoms with Crippen LogP contribution < -0.4 is 15.5 Å². The summed E-state index contributed by atoms with van der Waals surface area (Å²) in [5.41, 5.74) is 11.7. The number of nitrogens with zero attached hydrogens (tertiary/aromatic N) is 7. The third-order valence-corrected chi connectivity index (χ3v) is 8.91. The van der Waals surface area contributed by atoms with Crippen LogP contribution in [0.2, 0.25) is 5.02 Å². The summed E-state index contributed by atoms with van der Waals surface area (Å²) in [7, 11) is 0. The van der Waals surface area contributed by atoms with Crippen LogP contribution in [0.15, 0.2) is 18.3 Å². The van der Waals surface area contributed by atoms with Gasteiger partial charge in [0, 0.05) is 43.2 Å². The maximum Gasteiger partial charge on any atom is 0.202 e. The molecular weight excluding hydrogens is 490 g/mol. The van der Waals surface area contributed by atoms with E-state index in [2.05, 4.69) is 31.9 Å². The van der Waals surface area contributed by atoms with Crippen LogP contribution in [0.4, 0.5) is 11.6 Å². The van der Waals surface area contributed by atoms with Gasteiger partial charge in [-0.3, -0.25) is 10.1 Å². The van der Waals surface area contributed by atoms with Gasteiger partial charge in [-0.25, -0.2) is 15.0 Å². The maximum absolute atomic E-state index is 6.90. The van der Waals surface area contributed by atoms with Gasteiger partial charge in [0.15, 0.2) is 5.82 Å². The molecule has 3 saturated heterocycles. The number of ether oxygens (including phenoxy) is 1. The fourth-order valence-electron chi connectivity index (χ4n) is 5.96. The third-order valence-electron chi connectivity index (χ3n) is 8.53. The number of hydrogen-bond donors (Lipinski definition) is 2. The first-order valence-electron chi connectivity index (χ1n) is 13.0. The minimum atomic E-state index is 0.0616. The molecule has 0 amide bonds. The van der Waals surface area contributed by atoms with E-state index < -0.39 is 0 Å². The van der Waals surface area contributed by atoms with E-state index in [4.69, 9.17) is 37.0 Å². The lowest BCUT2D eigenvalue weighted by Crippen LogP contribution is -2.50. The van der Waals surface area contributed by atoms with Crippen molar-refractivity contribution >= 4 is 45.4 Å². The standard InChI is InChI=1S/C26H30ClN9O/c1-14-25(36-10-6-26(7-11-36)13-37-15(2)23(26)28)32-24-22(30-14)20(33-34-24)16-4-5-17-21(19(16)27)31-18(12-29-17)35-8-3-9-35/h4-5,12,15,23H,3,6-11,13,28H2,1-2H3,(H,32,33,34)/t15-,23+/m0/s1. The number of aromatic nitrogens is 6. The minimum Gasteiger partial charge on any atom is -0.376 e. The molecule has 4 aromatic rings. The summed E-state index contributed by atoms with van der Waals surface area (Å²) >= 11 is 6.90. The Balaban J connectivity index is 1.21. The average Bonchev–Trinajstić information content (AvgIpc) is 3.40. The lowest BCUT2D eigenvalue weighted by molar-refractivity contribution is 0.0974. The number of halogens is 1. The van der Waals surface area contributed by atoms with Crippen molar-refractivity contribution in [3.8, 4) is 11.3 Å². The normalized spacial score (nSPS) is 23.4. The minimum absolute atomic E-state index is 0.0616. The van der Waals surface area contributed by atoms with Crippen molar-refractivity contribution < 1.29 is 4.74 Å². The van der Waals surface area contributed by atoms with Crippen molar-refractivity contribution in [1.29, 1.82) is 0 Å². The summed E-state index contributed by atoms with van der Waals surface area (Å²) in [5, 5.41) is 8.17. The fraction of sp³-hybridized carbons (Fsp3) is 0.500. The van der Waals surface area contributed by atoms with Crippen molar-refractivity contribution in [2.75, 3.05) is 42.6 Å². The smallest absolute Gasteiger partial charge is 0.202 e.